The minimum atomic E-state index is -0.802. The lowest BCUT2D eigenvalue weighted by molar-refractivity contribution is -0.118. The molecule has 29 heavy (non-hydrogen) atoms. The van der Waals surface area contributed by atoms with Crippen LogP contribution in [0.25, 0.3) is 0 Å². The van der Waals surface area contributed by atoms with Crippen molar-refractivity contribution in [3.8, 4) is 5.06 Å². The number of carbonyl (C=O) groups is 2. The highest BCUT2D eigenvalue weighted by Crippen LogP contribution is 2.37. The molecular weight excluding hydrogens is 435 g/mol. The Morgan fingerprint density at radius 3 is 2.72 bits per heavy atom. The van der Waals surface area contributed by atoms with Crippen molar-refractivity contribution in [2.24, 2.45) is 5.92 Å². The molecule has 1 amide bonds. The third-order valence-electron chi connectivity index (χ3n) is 4.87. The molecule has 0 saturated heterocycles. The van der Waals surface area contributed by atoms with Gasteiger partial charge in [-0.15, -0.1) is 0 Å². The van der Waals surface area contributed by atoms with Crippen LogP contribution in [0.3, 0.4) is 0 Å². The van der Waals surface area contributed by atoms with Crippen molar-refractivity contribution in [3.05, 3.63) is 40.0 Å². The first-order valence-electron chi connectivity index (χ1n) is 9.52. The Morgan fingerprint density at radius 2 is 2.03 bits per heavy atom. The van der Waals surface area contributed by atoms with Gasteiger partial charge in [0.2, 0.25) is 11.0 Å². The van der Waals surface area contributed by atoms with Crippen molar-refractivity contribution in [1.29, 1.82) is 0 Å². The van der Waals surface area contributed by atoms with Crippen LogP contribution in [0.5, 0.6) is 5.06 Å². The summed E-state index contributed by atoms with van der Waals surface area (Å²) in [5.41, 5.74) is 0.823. The largest absolute Gasteiger partial charge is 0.514 e. The van der Waals surface area contributed by atoms with E-state index in [9.17, 15) is 9.59 Å². The van der Waals surface area contributed by atoms with Gasteiger partial charge in [-0.3, -0.25) is 4.79 Å². The first-order chi connectivity index (χ1) is 14.0. The van der Waals surface area contributed by atoms with Gasteiger partial charge in [0.1, 0.15) is 0 Å². The number of nitrogens with one attached hydrogen (secondary N) is 1. The van der Waals surface area contributed by atoms with Crippen LogP contribution in [-0.4, -0.2) is 23.7 Å². The maximum atomic E-state index is 13.1. The van der Waals surface area contributed by atoms with Crippen molar-refractivity contribution in [2.45, 2.75) is 44.9 Å². The van der Waals surface area contributed by atoms with Crippen LogP contribution in [0.4, 0.5) is 9.93 Å². The van der Waals surface area contributed by atoms with Crippen LogP contribution in [0.2, 0.25) is 10.0 Å². The van der Waals surface area contributed by atoms with Crippen molar-refractivity contribution in [2.75, 3.05) is 11.9 Å². The fourth-order valence-electron chi connectivity index (χ4n) is 3.49. The second kappa shape index (κ2) is 10.3. The summed E-state index contributed by atoms with van der Waals surface area (Å²) in [7, 11) is 0. The monoisotopic (exact) mass is 456 g/mol. The highest BCUT2D eigenvalue weighted by Gasteiger charge is 2.28. The fourth-order valence-corrected chi connectivity index (χ4v) is 4.46. The van der Waals surface area contributed by atoms with E-state index in [4.69, 9.17) is 32.7 Å². The van der Waals surface area contributed by atoms with E-state index >= 15 is 0 Å². The molecule has 1 aliphatic rings. The minimum Gasteiger partial charge on any atom is -0.434 e. The Bertz CT molecular complexity index is 868. The standard InChI is InChI=1S/C20H22Cl2N2O4S/c1-2-27-20(26)28-17-11-23-19(29-17)24-18(25)14(9-12-5-3-4-6-12)13-7-8-15(21)16(22)10-13/h7-8,10-12,14H,2-6,9H2,1H3,(H,23,24,25). The second-order valence-corrected chi connectivity index (χ2v) is 8.68. The number of rotatable bonds is 7. The molecular formula is C20H22Cl2N2O4S. The zero-order valence-corrected chi connectivity index (χ0v) is 18.3. The van der Waals surface area contributed by atoms with E-state index in [1.54, 1.807) is 19.1 Å². The number of hydrogen-bond donors (Lipinski definition) is 1. The number of hydrogen-bond acceptors (Lipinski definition) is 6. The summed E-state index contributed by atoms with van der Waals surface area (Å²) < 4.78 is 9.74. The number of carbonyl (C=O) groups excluding carboxylic acids is 2. The van der Waals surface area contributed by atoms with Crippen LogP contribution in [0.15, 0.2) is 24.4 Å². The molecule has 0 bridgehead atoms. The molecule has 3 rings (SSSR count). The molecule has 0 spiro atoms. The molecule has 9 heteroatoms. The number of halogens is 2. The van der Waals surface area contributed by atoms with E-state index in [0.717, 1.165) is 36.2 Å². The predicted molar refractivity (Wildman–Crippen MR) is 114 cm³/mol. The van der Waals surface area contributed by atoms with Crippen molar-refractivity contribution in [1.82, 2.24) is 4.98 Å². The van der Waals surface area contributed by atoms with E-state index in [0.29, 0.717) is 21.1 Å². The van der Waals surface area contributed by atoms with Crippen LogP contribution < -0.4 is 10.1 Å². The van der Waals surface area contributed by atoms with Gasteiger partial charge >= 0.3 is 6.16 Å². The van der Waals surface area contributed by atoms with Crippen LogP contribution in [0, 0.1) is 5.92 Å². The Labute approximate surface area is 183 Å². The van der Waals surface area contributed by atoms with Crippen molar-refractivity contribution < 1.29 is 19.1 Å². The molecule has 1 aromatic heterocycles. The summed E-state index contributed by atoms with van der Waals surface area (Å²) in [4.78, 5) is 28.6. The first-order valence-corrected chi connectivity index (χ1v) is 11.1. The number of aromatic nitrogens is 1. The van der Waals surface area contributed by atoms with E-state index < -0.39 is 6.16 Å². The minimum absolute atomic E-state index is 0.174. The average molecular weight is 457 g/mol. The van der Waals surface area contributed by atoms with Crippen molar-refractivity contribution in [3.63, 3.8) is 0 Å². The summed E-state index contributed by atoms with van der Waals surface area (Å²) >= 11 is 13.3. The lowest BCUT2D eigenvalue weighted by Crippen LogP contribution is -2.23. The summed E-state index contributed by atoms with van der Waals surface area (Å²) in [5.74, 6) is -0.0438. The van der Waals surface area contributed by atoms with Gasteiger partial charge in [-0.25, -0.2) is 9.78 Å². The molecule has 1 atom stereocenters. The number of thiazole rings is 1. The smallest absolute Gasteiger partial charge is 0.434 e. The van der Waals surface area contributed by atoms with Gasteiger partial charge in [0, 0.05) is 0 Å². The number of nitrogens with zero attached hydrogens (tertiary/aromatic N) is 1. The third-order valence-corrected chi connectivity index (χ3v) is 6.40. The molecule has 1 saturated carbocycles. The molecule has 1 N–H and O–H groups in total. The Balaban J connectivity index is 1.73. The molecule has 0 aliphatic heterocycles. The summed E-state index contributed by atoms with van der Waals surface area (Å²) in [6.45, 7) is 1.90. The summed E-state index contributed by atoms with van der Waals surface area (Å²) in [6, 6.07) is 5.30. The van der Waals surface area contributed by atoms with Crippen LogP contribution >= 0.6 is 34.5 Å². The predicted octanol–water partition coefficient (Wildman–Crippen LogP) is 6.29. The molecule has 0 radical (unpaired) electrons. The lowest BCUT2D eigenvalue weighted by atomic mass is 9.87. The third kappa shape index (κ3) is 6.07. The van der Waals surface area contributed by atoms with Gasteiger partial charge in [-0.05, 0) is 37.0 Å². The second-order valence-electron chi connectivity index (χ2n) is 6.87. The zero-order chi connectivity index (χ0) is 20.8. The first kappa shape index (κ1) is 21.9. The zero-order valence-electron chi connectivity index (χ0n) is 16.0. The number of benzene rings is 1. The topological polar surface area (TPSA) is 77.5 Å². The normalized spacial score (nSPS) is 15.1. The Kier molecular flexibility index (Phi) is 7.75. The highest BCUT2D eigenvalue weighted by molar-refractivity contribution is 7.17. The summed E-state index contributed by atoms with van der Waals surface area (Å²) in [6.07, 6.45) is 5.95. The highest BCUT2D eigenvalue weighted by atomic mass is 35.5. The number of amides is 1. The fraction of sp³-hybridized carbons (Fsp3) is 0.450. The van der Waals surface area contributed by atoms with Crippen LogP contribution in [0.1, 0.15) is 50.5 Å². The molecule has 1 heterocycles. The molecule has 1 unspecified atom stereocenters. The van der Waals surface area contributed by atoms with Gasteiger partial charge in [-0.1, -0.05) is 66.3 Å². The molecule has 156 valence electrons. The van der Waals surface area contributed by atoms with Gasteiger partial charge < -0.3 is 14.8 Å². The maximum absolute atomic E-state index is 13.1. The van der Waals surface area contributed by atoms with Crippen LogP contribution in [-0.2, 0) is 9.53 Å². The van der Waals surface area contributed by atoms with Crippen molar-refractivity contribution >= 4 is 51.7 Å². The quantitative estimate of drug-likeness (QED) is 0.495. The maximum Gasteiger partial charge on any atom is 0.514 e. The SMILES string of the molecule is CCOC(=O)Oc1cnc(NC(=O)C(CC2CCCC2)c2ccc(Cl)c(Cl)c2)s1. The molecule has 2 aromatic rings. The van der Waals surface area contributed by atoms with Gasteiger partial charge in [0.15, 0.2) is 5.13 Å². The Morgan fingerprint density at radius 1 is 1.28 bits per heavy atom. The molecule has 6 nitrogen and oxygen atoms in total. The molecule has 1 aliphatic carbocycles. The molecule has 1 aromatic carbocycles. The van der Waals surface area contributed by atoms with Gasteiger partial charge in [-0.2, -0.15) is 0 Å². The van der Waals surface area contributed by atoms with Gasteiger partial charge in [0.25, 0.3) is 0 Å². The Hall–Kier alpha value is -1.83. The van der Waals surface area contributed by atoms with E-state index in [1.807, 2.05) is 6.07 Å². The van der Waals surface area contributed by atoms with E-state index in [-0.39, 0.29) is 23.5 Å². The number of anilines is 1. The summed E-state index contributed by atoms with van der Waals surface area (Å²) in [5, 5.41) is 4.32. The van der Waals surface area contributed by atoms with Gasteiger partial charge in [0.05, 0.1) is 28.8 Å². The van der Waals surface area contributed by atoms with E-state index in [2.05, 4.69) is 10.3 Å². The average Bonchev–Trinajstić information content (AvgIpc) is 3.34. The number of ether oxygens (including phenoxy) is 2. The lowest BCUT2D eigenvalue weighted by Gasteiger charge is -2.20. The molecule has 1 fully saturated rings. The van der Waals surface area contributed by atoms with E-state index in [1.165, 1.54) is 19.0 Å².